The zero-order chi connectivity index (χ0) is 14.3. The number of carbonyl (C=O) groups excluding carboxylic acids is 1. The summed E-state index contributed by atoms with van der Waals surface area (Å²) < 4.78 is 12.7. The van der Waals surface area contributed by atoms with Crippen LogP contribution in [0.4, 0.5) is 9.18 Å². The van der Waals surface area contributed by atoms with Crippen LogP contribution in [0, 0.1) is 5.82 Å². The Hall–Kier alpha value is -2.11. The van der Waals surface area contributed by atoms with Crippen LogP contribution in [0.5, 0.6) is 0 Å². The number of aliphatic carboxylic acids is 1. The number of hydrogen-bond donors (Lipinski definition) is 2. The van der Waals surface area contributed by atoms with Gasteiger partial charge in [-0.25, -0.2) is 9.18 Å². The Morgan fingerprint density at radius 2 is 1.95 bits per heavy atom. The lowest BCUT2D eigenvalue weighted by molar-refractivity contribution is -0.136. The molecular weight excluding hydrogens is 251 g/mol. The van der Waals surface area contributed by atoms with Crippen molar-refractivity contribution < 1.29 is 19.1 Å². The first-order valence-corrected chi connectivity index (χ1v) is 5.94. The molecule has 1 rings (SSSR count). The maximum atomic E-state index is 12.7. The van der Waals surface area contributed by atoms with E-state index in [-0.39, 0.29) is 24.8 Å². The van der Waals surface area contributed by atoms with Gasteiger partial charge in [-0.2, -0.15) is 0 Å². The fourth-order valence-electron chi connectivity index (χ4n) is 1.46. The number of amides is 2. The Balaban J connectivity index is 2.30. The summed E-state index contributed by atoms with van der Waals surface area (Å²) in [5, 5.41) is 10.9. The van der Waals surface area contributed by atoms with Gasteiger partial charge in [0, 0.05) is 20.1 Å². The zero-order valence-electron chi connectivity index (χ0n) is 10.7. The van der Waals surface area contributed by atoms with E-state index in [9.17, 15) is 14.0 Å². The molecule has 0 heterocycles. The van der Waals surface area contributed by atoms with Gasteiger partial charge < -0.3 is 15.3 Å². The van der Waals surface area contributed by atoms with E-state index in [4.69, 9.17) is 5.11 Å². The third-order valence-corrected chi connectivity index (χ3v) is 2.61. The highest BCUT2D eigenvalue weighted by Gasteiger charge is 2.08. The van der Waals surface area contributed by atoms with E-state index in [1.165, 1.54) is 17.0 Å². The predicted octanol–water partition coefficient (Wildman–Crippen LogP) is 1.48. The molecule has 0 bridgehead atoms. The van der Waals surface area contributed by atoms with Gasteiger partial charge >= 0.3 is 12.0 Å². The van der Waals surface area contributed by atoms with Crippen molar-refractivity contribution in [2.75, 3.05) is 20.1 Å². The Morgan fingerprint density at radius 3 is 2.53 bits per heavy atom. The van der Waals surface area contributed by atoms with Crippen molar-refractivity contribution in [3.63, 3.8) is 0 Å². The molecule has 0 aliphatic rings. The number of rotatable bonds is 6. The smallest absolute Gasteiger partial charge is 0.317 e. The second kappa shape index (κ2) is 7.35. The molecule has 2 N–H and O–H groups in total. The molecule has 0 aliphatic heterocycles. The van der Waals surface area contributed by atoms with Crippen LogP contribution in [0.3, 0.4) is 0 Å². The lowest BCUT2D eigenvalue weighted by Crippen LogP contribution is -2.39. The predicted molar refractivity (Wildman–Crippen MR) is 68.4 cm³/mol. The number of carbonyl (C=O) groups is 2. The van der Waals surface area contributed by atoms with Crippen LogP contribution in [0.15, 0.2) is 24.3 Å². The van der Waals surface area contributed by atoms with E-state index in [0.29, 0.717) is 13.0 Å². The Morgan fingerprint density at radius 1 is 1.32 bits per heavy atom. The van der Waals surface area contributed by atoms with Gasteiger partial charge in [-0.1, -0.05) is 12.1 Å². The number of nitrogens with one attached hydrogen (secondary N) is 1. The average Bonchev–Trinajstić information content (AvgIpc) is 2.37. The molecule has 0 aliphatic carbocycles. The molecule has 0 fully saturated rings. The minimum Gasteiger partial charge on any atom is -0.481 e. The quantitative estimate of drug-likeness (QED) is 0.821. The molecule has 104 valence electrons. The van der Waals surface area contributed by atoms with Gasteiger partial charge in [-0.05, 0) is 24.1 Å². The van der Waals surface area contributed by atoms with Crippen molar-refractivity contribution in [2.45, 2.75) is 12.8 Å². The molecule has 0 spiro atoms. The average molecular weight is 268 g/mol. The molecule has 1 aromatic rings. The van der Waals surface area contributed by atoms with Gasteiger partial charge in [-0.3, -0.25) is 4.79 Å². The minimum atomic E-state index is -0.950. The number of benzene rings is 1. The number of nitrogens with zero attached hydrogens (tertiary/aromatic N) is 1. The summed E-state index contributed by atoms with van der Waals surface area (Å²) in [7, 11) is 1.62. The summed E-state index contributed by atoms with van der Waals surface area (Å²) in [6.45, 7) is 0.583. The van der Waals surface area contributed by atoms with Crippen molar-refractivity contribution in [3.8, 4) is 0 Å². The van der Waals surface area contributed by atoms with Gasteiger partial charge in [-0.15, -0.1) is 0 Å². The maximum absolute atomic E-state index is 12.7. The van der Waals surface area contributed by atoms with Crippen molar-refractivity contribution in [1.29, 1.82) is 0 Å². The molecule has 0 saturated heterocycles. The SMILES string of the molecule is CN(CCc1ccc(F)cc1)C(=O)NCCC(=O)O. The molecule has 0 atom stereocenters. The van der Waals surface area contributed by atoms with Crippen LogP contribution in [-0.2, 0) is 11.2 Å². The second-order valence-corrected chi connectivity index (χ2v) is 4.17. The summed E-state index contributed by atoms with van der Waals surface area (Å²) >= 11 is 0. The van der Waals surface area contributed by atoms with Crippen molar-refractivity contribution in [2.24, 2.45) is 0 Å². The van der Waals surface area contributed by atoms with Crippen LogP contribution in [0.2, 0.25) is 0 Å². The molecule has 6 heteroatoms. The zero-order valence-corrected chi connectivity index (χ0v) is 10.7. The van der Waals surface area contributed by atoms with Crippen molar-refractivity contribution in [1.82, 2.24) is 10.2 Å². The van der Waals surface area contributed by atoms with E-state index in [2.05, 4.69) is 5.32 Å². The normalized spacial score (nSPS) is 10.0. The van der Waals surface area contributed by atoms with Gasteiger partial charge in [0.05, 0.1) is 6.42 Å². The highest BCUT2D eigenvalue weighted by atomic mass is 19.1. The molecule has 5 nitrogen and oxygen atoms in total. The number of hydrogen-bond acceptors (Lipinski definition) is 2. The first-order chi connectivity index (χ1) is 8.99. The third-order valence-electron chi connectivity index (χ3n) is 2.61. The number of carboxylic acids is 1. The Bertz CT molecular complexity index is 434. The van der Waals surface area contributed by atoms with Crippen LogP contribution >= 0.6 is 0 Å². The standard InChI is InChI=1S/C13H17FN2O3/c1-16(13(19)15-8-6-12(17)18)9-7-10-2-4-11(14)5-3-10/h2-5H,6-9H2,1H3,(H,15,19)(H,17,18). The monoisotopic (exact) mass is 268 g/mol. The van der Waals surface area contributed by atoms with Crippen LogP contribution < -0.4 is 5.32 Å². The summed E-state index contributed by atoms with van der Waals surface area (Å²) in [6.07, 6.45) is 0.515. The molecule has 0 saturated carbocycles. The lowest BCUT2D eigenvalue weighted by Gasteiger charge is -2.17. The molecular formula is C13H17FN2O3. The third kappa shape index (κ3) is 5.85. The number of carboxylic acid groups (broad SMARTS) is 1. The molecule has 19 heavy (non-hydrogen) atoms. The van der Waals surface area contributed by atoms with Crippen LogP contribution in [0.1, 0.15) is 12.0 Å². The Kier molecular flexibility index (Phi) is 5.78. The van der Waals surface area contributed by atoms with Crippen molar-refractivity contribution >= 4 is 12.0 Å². The first-order valence-electron chi connectivity index (χ1n) is 5.94. The molecule has 2 amide bonds. The summed E-state index contributed by atoms with van der Waals surface area (Å²) in [5.41, 5.74) is 0.937. The summed E-state index contributed by atoms with van der Waals surface area (Å²) in [6, 6.07) is 5.78. The molecule has 0 aromatic heterocycles. The second-order valence-electron chi connectivity index (χ2n) is 4.17. The minimum absolute atomic E-state index is 0.0997. The fraction of sp³-hybridized carbons (Fsp3) is 0.385. The number of halogens is 1. The van der Waals surface area contributed by atoms with Gasteiger partial charge in [0.1, 0.15) is 5.82 Å². The van der Waals surface area contributed by atoms with E-state index < -0.39 is 5.97 Å². The summed E-state index contributed by atoms with van der Waals surface area (Å²) in [5.74, 6) is -1.24. The molecule has 0 radical (unpaired) electrons. The molecule has 0 unspecified atom stereocenters. The Labute approximate surface area is 111 Å². The highest BCUT2D eigenvalue weighted by Crippen LogP contribution is 2.04. The fourth-order valence-corrected chi connectivity index (χ4v) is 1.46. The van der Waals surface area contributed by atoms with Crippen molar-refractivity contribution in [3.05, 3.63) is 35.6 Å². The number of likely N-dealkylation sites (N-methyl/N-ethyl adjacent to an activating group) is 1. The number of urea groups is 1. The first kappa shape index (κ1) is 14.9. The largest absolute Gasteiger partial charge is 0.481 e. The van der Waals surface area contributed by atoms with E-state index in [0.717, 1.165) is 5.56 Å². The van der Waals surface area contributed by atoms with E-state index in [1.807, 2.05) is 0 Å². The van der Waals surface area contributed by atoms with Gasteiger partial charge in [0.2, 0.25) is 0 Å². The van der Waals surface area contributed by atoms with Gasteiger partial charge in [0.25, 0.3) is 0 Å². The van der Waals surface area contributed by atoms with Crippen LogP contribution in [-0.4, -0.2) is 42.1 Å². The highest BCUT2D eigenvalue weighted by molar-refractivity contribution is 5.74. The molecule has 1 aromatic carbocycles. The van der Waals surface area contributed by atoms with Gasteiger partial charge in [0.15, 0.2) is 0 Å². The van der Waals surface area contributed by atoms with E-state index in [1.54, 1.807) is 19.2 Å². The maximum Gasteiger partial charge on any atom is 0.317 e. The van der Waals surface area contributed by atoms with E-state index >= 15 is 0 Å². The summed E-state index contributed by atoms with van der Waals surface area (Å²) in [4.78, 5) is 23.3. The topological polar surface area (TPSA) is 69.6 Å². The lowest BCUT2D eigenvalue weighted by atomic mass is 10.1. The van der Waals surface area contributed by atoms with Crippen LogP contribution in [0.25, 0.3) is 0 Å².